The van der Waals surface area contributed by atoms with E-state index in [0.29, 0.717) is 12.4 Å². The fraction of sp³-hybridized carbons (Fsp3) is 0.312. The van der Waals surface area contributed by atoms with Crippen LogP contribution >= 0.6 is 15.9 Å². The van der Waals surface area contributed by atoms with Crippen LogP contribution in [0, 0.1) is 0 Å². The van der Waals surface area contributed by atoms with Crippen LogP contribution in [-0.2, 0) is 6.54 Å². The highest BCUT2D eigenvalue weighted by Crippen LogP contribution is 2.25. The van der Waals surface area contributed by atoms with Crippen LogP contribution in [0.4, 0.5) is 0 Å². The third kappa shape index (κ3) is 4.62. The number of benzene rings is 1. The van der Waals surface area contributed by atoms with Gasteiger partial charge < -0.3 is 10.1 Å². The van der Waals surface area contributed by atoms with Crippen molar-refractivity contribution in [3.63, 3.8) is 0 Å². The first kappa shape index (κ1) is 15.0. The van der Waals surface area contributed by atoms with Crippen LogP contribution < -0.4 is 10.1 Å². The zero-order valence-corrected chi connectivity index (χ0v) is 13.6. The molecule has 0 amide bonds. The number of ether oxygens (including phenoxy) is 1. The van der Waals surface area contributed by atoms with E-state index in [1.165, 1.54) is 0 Å². The van der Waals surface area contributed by atoms with Gasteiger partial charge in [-0.1, -0.05) is 18.2 Å². The molecule has 0 aliphatic carbocycles. The normalized spacial score (nSPS) is 11.4. The van der Waals surface area contributed by atoms with Crippen molar-refractivity contribution in [2.24, 2.45) is 0 Å². The molecule has 20 heavy (non-hydrogen) atoms. The summed E-state index contributed by atoms with van der Waals surface area (Å²) in [5.41, 5.74) is 1.07. The Morgan fingerprint density at radius 3 is 2.55 bits per heavy atom. The number of nitrogens with zero attached hydrogens (tertiary/aromatic N) is 1. The summed E-state index contributed by atoms with van der Waals surface area (Å²) < 4.78 is 6.81. The lowest BCUT2D eigenvalue weighted by molar-refractivity contribution is 0.409. The predicted molar refractivity (Wildman–Crippen MR) is 85.0 cm³/mol. The monoisotopic (exact) mass is 334 g/mol. The van der Waals surface area contributed by atoms with E-state index in [0.717, 1.165) is 15.8 Å². The number of hydrogen-bond acceptors (Lipinski definition) is 3. The predicted octanol–water partition coefficient (Wildman–Crippen LogP) is 4.52. The molecule has 0 atom stereocenters. The molecule has 0 unspecified atom stereocenters. The first-order valence-corrected chi connectivity index (χ1v) is 7.36. The van der Waals surface area contributed by atoms with Crippen LogP contribution in [0.3, 0.4) is 0 Å². The Kier molecular flexibility index (Phi) is 4.78. The lowest BCUT2D eigenvalue weighted by Gasteiger charge is -2.21. The van der Waals surface area contributed by atoms with Gasteiger partial charge in [0.15, 0.2) is 0 Å². The SMILES string of the molecule is CC(C)(C)NCc1cc(Br)cnc1Oc1ccccc1. The molecule has 0 spiro atoms. The van der Waals surface area contributed by atoms with Crippen molar-refractivity contribution >= 4 is 15.9 Å². The Labute approximate surface area is 128 Å². The standard InChI is InChI=1S/C16H19BrN2O/c1-16(2,3)19-10-12-9-13(17)11-18-15(12)20-14-7-5-4-6-8-14/h4-9,11,19H,10H2,1-3H3. The smallest absolute Gasteiger partial charge is 0.223 e. The van der Waals surface area contributed by atoms with E-state index in [1.807, 2.05) is 36.4 Å². The summed E-state index contributed by atoms with van der Waals surface area (Å²) >= 11 is 3.46. The van der Waals surface area contributed by atoms with E-state index in [9.17, 15) is 0 Å². The summed E-state index contributed by atoms with van der Waals surface area (Å²) in [5.74, 6) is 1.43. The largest absolute Gasteiger partial charge is 0.439 e. The first-order chi connectivity index (χ1) is 9.44. The summed E-state index contributed by atoms with van der Waals surface area (Å²) in [5, 5.41) is 3.45. The quantitative estimate of drug-likeness (QED) is 0.892. The molecule has 106 valence electrons. The van der Waals surface area contributed by atoms with Crippen LogP contribution in [-0.4, -0.2) is 10.5 Å². The molecule has 0 saturated heterocycles. The zero-order chi connectivity index (χ0) is 14.6. The van der Waals surface area contributed by atoms with Crippen LogP contribution in [0.15, 0.2) is 47.1 Å². The van der Waals surface area contributed by atoms with Crippen molar-refractivity contribution in [3.05, 3.63) is 52.6 Å². The Balaban J connectivity index is 2.19. The van der Waals surface area contributed by atoms with Gasteiger partial charge in [-0.3, -0.25) is 0 Å². The van der Waals surface area contributed by atoms with Crippen molar-refractivity contribution in [1.29, 1.82) is 0 Å². The minimum Gasteiger partial charge on any atom is -0.439 e. The highest BCUT2D eigenvalue weighted by atomic mass is 79.9. The number of pyridine rings is 1. The maximum absolute atomic E-state index is 5.86. The summed E-state index contributed by atoms with van der Waals surface area (Å²) in [6.07, 6.45) is 1.75. The van der Waals surface area contributed by atoms with Gasteiger partial charge in [-0.05, 0) is 54.9 Å². The fourth-order valence-electron chi connectivity index (χ4n) is 1.65. The minimum atomic E-state index is 0.0480. The minimum absolute atomic E-state index is 0.0480. The molecule has 2 aromatic rings. The Morgan fingerprint density at radius 2 is 1.90 bits per heavy atom. The van der Waals surface area contributed by atoms with Gasteiger partial charge in [0.2, 0.25) is 5.88 Å². The Hall–Kier alpha value is -1.39. The topological polar surface area (TPSA) is 34.2 Å². The summed E-state index contributed by atoms with van der Waals surface area (Å²) in [6.45, 7) is 7.11. The van der Waals surface area contributed by atoms with E-state index in [2.05, 4.69) is 47.0 Å². The van der Waals surface area contributed by atoms with Gasteiger partial charge in [0.1, 0.15) is 5.75 Å². The molecular weight excluding hydrogens is 316 g/mol. The van der Waals surface area contributed by atoms with E-state index >= 15 is 0 Å². The van der Waals surface area contributed by atoms with Gasteiger partial charge in [-0.2, -0.15) is 0 Å². The summed E-state index contributed by atoms with van der Waals surface area (Å²) in [7, 11) is 0. The number of halogens is 1. The van der Waals surface area contributed by atoms with E-state index in [4.69, 9.17) is 4.74 Å². The second kappa shape index (κ2) is 6.37. The number of aromatic nitrogens is 1. The van der Waals surface area contributed by atoms with Crippen LogP contribution in [0.5, 0.6) is 11.6 Å². The van der Waals surface area contributed by atoms with Crippen molar-refractivity contribution in [2.75, 3.05) is 0 Å². The van der Waals surface area contributed by atoms with Gasteiger partial charge >= 0.3 is 0 Å². The van der Waals surface area contributed by atoms with Gasteiger partial charge in [0, 0.05) is 28.3 Å². The first-order valence-electron chi connectivity index (χ1n) is 6.56. The molecule has 0 saturated carbocycles. The fourth-order valence-corrected chi connectivity index (χ4v) is 2.03. The highest BCUT2D eigenvalue weighted by molar-refractivity contribution is 9.10. The van der Waals surface area contributed by atoms with Crippen molar-refractivity contribution in [1.82, 2.24) is 10.3 Å². The Morgan fingerprint density at radius 1 is 1.20 bits per heavy atom. The number of para-hydroxylation sites is 1. The van der Waals surface area contributed by atoms with Crippen LogP contribution in [0.25, 0.3) is 0 Å². The molecule has 2 rings (SSSR count). The van der Waals surface area contributed by atoms with Crippen LogP contribution in [0.2, 0.25) is 0 Å². The average Bonchev–Trinajstić information content (AvgIpc) is 2.39. The average molecular weight is 335 g/mol. The molecule has 4 heteroatoms. The molecule has 0 fully saturated rings. The third-order valence-corrected chi connectivity index (χ3v) is 3.09. The number of nitrogens with one attached hydrogen (secondary N) is 1. The van der Waals surface area contributed by atoms with Gasteiger partial charge in [-0.15, -0.1) is 0 Å². The number of rotatable bonds is 4. The van der Waals surface area contributed by atoms with E-state index < -0.39 is 0 Å². The second-order valence-electron chi connectivity index (χ2n) is 5.64. The molecule has 3 nitrogen and oxygen atoms in total. The summed E-state index contributed by atoms with van der Waals surface area (Å²) in [6, 6.07) is 11.7. The van der Waals surface area contributed by atoms with Crippen molar-refractivity contribution in [2.45, 2.75) is 32.9 Å². The van der Waals surface area contributed by atoms with Crippen LogP contribution in [0.1, 0.15) is 26.3 Å². The summed E-state index contributed by atoms with van der Waals surface area (Å²) in [4.78, 5) is 4.37. The highest BCUT2D eigenvalue weighted by Gasteiger charge is 2.13. The lowest BCUT2D eigenvalue weighted by Crippen LogP contribution is -2.35. The molecule has 1 aromatic carbocycles. The molecule has 0 aliphatic heterocycles. The molecule has 0 aliphatic rings. The maximum Gasteiger partial charge on any atom is 0.223 e. The molecule has 1 N–H and O–H groups in total. The lowest BCUT2D eigenvalue weighted by atomic mass is 10.1. The Bertz CT molecular complexity index is 564. The zero-order valence-electron chi connectivity index (χ0n) is 12.0. The van der Waals surface area contributed by atoms with Gasteiger partial charge in [0.05, 0.1) is 0 Å². The number of hydrogen-bond donors (Lipinski definition) is 1. The van der Waals surface area contributed by atoms with Gasteiger partial charge in [0.25, 0.3) is 0 Å². The molecule has 0 radical (unpaired) electrons. The molecule has 1 aromatic heterocycles. The van der Waals surface area contributed by atoms with E-state index in [1.54, 1.807) is 6.20 Å². The van der Waals surface area contributed by atoms with Crippen molar-refractivity contribution < 1.29 is 4.74 Å². The van der Waals surface area contributed by atoms with Gasteiger partial charge in [-0.25, -0.2) is 4.98 Å². The maximum atomic E-state index is 5.86. The van der Waals surface area contributed by atoms with E-state index in [-0.39, 0.29) is 5.54 Å². The molecule has 0 bridgehead atoms. The van der Waals surface area contributed by atoms with Crippen molar-refractivity contribution in [3.8, 4) is 11.6 Å². The second-order valence-corrected chi connectivity index (χ2v) is 6.55. The molecular formula is C16H19BrN2O. The third-order valence-electron chi connectivity index (χ3n) is 2.66. The molecule has 1 heterocycles.